The number of carbonyl (C=O) groups excluding carboxylic acids is 1. The fourth-order valence-corrected chi connectivity index (χ4v) is 1.26. The standard InChI is InChI=1S/C11H16N2O3/c1-3-16-10(14)7-13-8-5-4-6-9(15-2)11(8)12/h4-6,13H,3,7,12H2,1-2H3. The minimum absolute atomic E-state index is 0.0885. The summed E-state index contributed by atoms with van der Waals surface area (Å²) in [6.45, 7) is 2.22. The summed E-state index contributed by atoms with van der Waals surface area (Å²) in [5.74, 6) is 0.263. The maximum Gasteiger partial charge on any atom is 0.325 e. The van der Waals surface area contributed by atoms with Gasteiger partial charge in [-0.3, -0.25) is 4.79 Å². The summed E-state index contributed by atoms with van der Waals surface area (Å²) in [4.78, 5) is 11.1. The molecule has 0 radical (unpaired) electrons. The minimum Gasteiger partial charge on any atom is -0.495 e. The maximum absolute atomic E-state index is 11.1. The summed E-state index contributed by atoms with van der Waals surface area (Å²) < 4.78 is 9.85. The smallest absolute Gasteiger partial charge is 0.325 e. The SMILES string of the molecule is CCOC(=O)CNc1cccc(OC)c1N. The van der Waals surface area contributed by atoms with Crippen molar-refractivity contribution in [3.8, 4) is 5.75 Å². The lowest BCUT2D eigenvalue weighted by Crippen LogP contribution is -2.17. The second-order valence-corrected chi connectivity index (χ2v) is 3.08. The monoisotopic (exact) mass is 224 g/mol. The average Bonchev–Trinajstić information content (AvgIpc) is 2.28. The van der Waals surface area contributed by atoms with Crippen LogP contribution in [0, 0.1) is 0 Å². The van der Waals surface area contributed by atoms with E-state index in [0.717, 1.165) is 0 Å². The van der Waals surface area contributed by atoms with E-state index in [1.165, 1.54) is 0 Å². The molecule has 0 heterocycles. The maximum atomic E-state index is 11.1. The fourth-order valence-electron chi connectivity index (χ4n) is 1.26. The summed E-state index contributed by atoms with van der Waals surface area (Å²) in [6, 6.07) is 5.32. The third kappa shape index (κ3) is 3.05. The summed E-state index contributed by atoms with van der Waals surface area (Å²) >= 11 is 0. The molecule has 88 valence electrons. The molecule has 0 saturated carbocycles. The molecule has 0 saturated heterocycles. The number of carbonyl (C=O) groups is 1. The van der Waals surface area contributed by atoms with Crippen LogP contribution in [0.25, 0.3) is 0 Å². The molecule has 16 heavy (non-hydrogen) atoms. The quantitative estimate of drug-likeness (QED) is 0.581. The normalized spacial score (nSPS) is 9.62. The second-order valence-electron chi connectivity index (χ2n) is 3.08. The molecule has 5 heteroatoms. The minimum atomic E-state index is -0.315. The molecule has 1 aromatic rings. The lowest BCUT2D eigenvalue weighted by molar-refractivity contribution is -0.140. The number of benzene rings is 1. The van der Waals surface area contributed by atoms with Crippen LogP contribution in [0.1, 0.15) is 6.92 Å². The zero-order valence-corrected chi connectivity index (χ0v) is 9.45. The van der Waals surface area contributed by atoms with Crippen LogP contribution in [-0.2, 0) is 9.53 Å². The number of nitrogens with one attached hydrogen (secondary N) is 1. The van der Waals surface area contributed by atoms with Crippen LogP contribution in [0.2, 0.25) is 0 Å². The highest BCUT2D eigenvalue weighted by molar-refractivity contribution is 5.79. The fraction of sp³-hybridized carbons (Fsp3) is 0.364. The number of para-hydroxylation sites is 1. The van der Waals surface area contributed by atoms with Crippen LogP contribution >= 0.6 is 0 Å². The van der Waals surface area contributed by atoms with Gasteiger partial charge in [0.05, 0.1) is 25.1 Å². The summed E-state index contributed by atoms with van der Waals surface area (Å²) in [6.07, 6.45) is 0. The number of esters is 1. The molecule has 0 aliphatic heterocycles. The van der Waals surface area contributed by atoms with Crippen LogP contribution < -0.4 is 15.8 Å². The Morgan fingerprint density at radius 3 is 2.88 bits per heavy atom. The summed E-state index contributed by atoms with van der Waals surface area (Å²) in [5, 5.41) is 2.89. The number of hydrogen-bond acceptors (Lipinski definition) is 5. The van der Waals surface area contributed by atoms with E-state index in [4.69, 9.17) is 15.2 Å². The van der Waals surface area contributed by atoms with E-state index in [2.05, 4.69) is 5.32 Å². The van der Waals surface area contributed by atoms with Gasteiger partial charge in [0, 0.05) is 0 Å². The topological polar surface area (TPSA) is 73.6 Å². The Balaban J connectivity index is 2.63. The van der Waals surface area contributed by atoms with Crippen LogP contribution in [0.5, 0.6) is 5.75 Å². The molecule has 0 atom stereocenters. The lowest BCUT2D eigenvalue weighted by Gasteiger charge is -2.11. The van der Waals surface area contributed by atoms with Gasteiger partial charge in [0.1, 0.15) is 12.3 Å². The molecule has 0 spiro atoms. The van der Waals surface area contributed by atoms with Crippen molar-refractivity contribution in [1.82, 2.24) is 0 Å². The van der Waals surface area contributed by atoms with Crippen LogP contribution in [0.15, 0.2) is 18.2 Å². The van der Waals surface area contributed by atoms with E-state index in [9.17, 15) is 4.79 Å². The van der Waals surface area contributed by atoms with E-state index in [1.807, 2.05) is 0 Å². The van der Waals surface area contributed by atoms with Gasteiger partial charge in [0.15, 0.2) is 0 Å². The van der Waals surface area contributed by atoms with Gasteiger partial charge in [-0.2, -0.15) is 0 Å². The Kier molecular flexibility index (Phi) is 4.44. The van der Waals surface area contributed by atoms with E-state index in [0.29, 0.717) is 23.7 Å². The molecule has 5 nitrogen and oxygen atoms in total. The first kappa shape index (κ1) is 12.2. The number of nitrogens with two attached hydrogens (primary N) is 1. The zero-order chi connectivity index (χ0) is 12.0. The molecular weight excluding hydrogens is 208 g/mol. The van der Waals surface area contributed by atoms with Gasteiger partial charge in [-0.25, -0.2) is 0 Å². The van der Waals surface area contributed by atoms with Gasteiger partial charge in [-0.05, 0) is 19.1 Å². The Labute approximate surface area is 94.5 Å². The van der Waals surface area contributed by atoms with Gasteiger partial charge >= 0.3 is 5.97 Å². The predicted octanol–water partition coefficient (Wildman–Crippen LogP) is 1.25. The van der Waals surface area contributed by atoms with E-state index < -0.39 is 0 Å². The van der Waals surface area contributed by atoms with Crippen molar-refractivity contribution < 1.29 is 14.3 Å². The third-order valence-electron chi connectivity index (χ3n) is 2.01. The lowest BCUT2D eigenvalue weighted by atomic mass is 10.2. The molecular formula is C11H16N2O3. The molecule has 0 unspecified atom stereocenters. The Bertz CT molecular complexity index is 366. The molecule has 0 bridgehead atoms. The number of anilines is 2. The first-order valence-electron chi connectivity index (χ1n) is 5.01. The average molecular weight is 224 g/mol. The highest BCUT2D eigenvalue weighted by atomic mass is 16.5. The van der Waals surface area contributed by atoms with Gasteiger partial charge < -0.3 is 20.5 Å². The molecule has 0 aliphatic carbocycles. The van der Waals surface area contributed by atoms with Gasteiger partial charge in [0.2, 0.25) is 0 Å². The summed E-state index contributed by atoms with van der Waals surface area (Å²) in [5.41, 5.74) is 6.95. The largest absolute Gasteiger partial charge is 0.495 e. The number of ether oxygens (including phenoxy) is 2. The Hall–Kier alpha value is -1.91. The third-order valence-corrected chi connectivity index (χ3v) is 2.01. The first-order valence-corrected chi connectivity index (χ1v) is 5.01. The highest BCUT2D eigenvalue weighted by Crippen LogP contribution is 2.28. The molecule has 0 aromatic heterocycles. The van der Waals surface area contributed by atoms with E-state index in [1.54, 1.807) is 32.2 Å². The van der Waals surface area contributed by atoms with Crippen molar-refractivity contribution in [2.75, 3.05) is 31.3 Å². The highest BCUT2D eigenvalue weighted by Gasteiger charge is 2.06. The van der Waals surface area contributed by atoms with Crippen LogP contribution in [-0.4, -0.2) is 26.2 Å². The van der Waals surface area contributed by atoms with Gasteiger partial charge in [-0.1, -0.05) is 6.07 Å². The van der Waals surface area contributed by atoms with Crippen LogP contribution in [0.3, 0.4) is 0 Å². The second kappa shape index (κ2) is 5.85. The number of hydrogen-bond donors (Lipinski definition) is 2. The molecule has 0 aliphatic rings. The molecule has 3 N–H and O–H groups in total. The van der Waals surface area contributed by atoms with Crippen molar-refractivity contribution in [2.24, 2.45) is 0 Å². The summed E-state index contributed by atoms with van der Waals surface area (Å²) in [7, 11) is 1.54. The van der Waals surface area contributed by atoms with Gasteiger partial charge in [0.25, 0.3) is 0 Å². The first-order chi connectivity index (χ1) is 7.69. The number of nitrogen functional groups attached to an aromatic ring is 1. The molecule has 0 amide bonds. The Morgan fingerprint density at radius 1 is 1.50 bits per heavy atom. The zero-order valence-electron chi connectivity index (χ0n) is 9.45. The predicted molar refractivity (Wildman–Crippen MR) is 62.5 cm³/mol. The van der Waals surface area contributed by atoms with Crippen molar-refractivity contribution in [1.29, 1.82) is 0 Å². The molecule has 1 aromatic carbocycles. The Morgan fingerprint density at radius 2 is 2.25 bits per heavy atom. The van der Waals surface area contributed by atoms with Crippen molar-refractivity contribution in [3.05, 3.63) is 18.2 Å². The van der Waals surface area contributed by atoms with Crippen LogP contribution in [0.4, 0.5) is 11.4 Å². The molecule has 0 fully saturated rings. The van der Waals surface area contributed by atoms with Crippen molar-refractivity contribution in [2.45, 2.75) is 6.92 Å². The van der Waals surface area contributed by atoms with E-state index >= 15 is 0 Å². The number of methoxy groups -OCH3 is 1. The van der Waals surface area contributed by atoms with Crippen molar-refractivity contribution >= 4 is 17.3 Å². The van der Waals surface area contributed by atoms with Crippen molar-refractivity contribution in [3.63, 3.8) is 0 Å². The van der Waals surface area contributed by atoms with E-state index in [-0.39, 0.29) is 12.5 Å². The van der Waals surface area contributed by atoms with Gasteiger partial charge in [-0.15, -0.1) is 0 Å². The number of rotatable bonds is 5. The molecule has 1 rings (SSSR count).